The summed E-state index contributed by atoms with van der Waals surface area (Å²) in [4.78, 5) is 28.3. The summed E-state index contributed by atoms with van der Waals surface area (Å²) in [5.41, 5.74) is 1.24. The Balaban J connectivity index is 1.74. The smallest absolute Gasteiger partial charge is 0.335 e. The summed E-state index contributed by atoms with van der Waals surface area (Å²) < 4.78 is 0. The van der Waals surface area contributed by atoms with Crippen molar-refractivity contribution in [3.63, 3.8) is 0 Å². The van der Waals surface area contributed by atoms with Crippen LogP contribution in [0.25, 0.3) is 0 Å². The minimum Gasteiger partial charge on any atom is -0.370 e. The number of hydrogen-bond acceptors (Lipinski definition) is 4. The molecule has 1 amide bonds. The van der Waals surface area contributed by atoms with E-state index in [1.54, 1.807) is 6.92 Å². The van der Waals surface area contributed by atoms with Crippen LogP contribution in [0.5, 0.6) is 0 Å². The minimum atomic E-state index is -1.00. The van der Waals surface area contributed by atoms with E-state index < -0.39 is 12.2 Å². The summed E-state index contributed by atoms with van der Waals surface area (Å²) >= 11 is 0. The highest BCUT2D eigenvalue weighted by molar-refractivity contribution is 5.80. The highest BCUT2D eigenvalue weighted by atomic mass is 16.7. The molecule has 1 fully saturated rings. The van der Waals surface area contributed by atoms with Crippen molar-refractivity contribution in [3.05, 3.63) is 35.9 Å². The van der Waals surface area contributed by atoms with Gasteiger partial charge in [-0.1, -0.05) is 37.3 Å². The lowest BCUT2D eigenvalue weighted by molar-refractivity contribution is -0.223. The number of aryl methyl sites for hydroxylation is 1. The van der Waals surface area contributed by atoms with Gasteiger partial charge in [-0.3, -0.25) is 4.79 Å². The molecule has 0 bridgehead atoms. The molecule has 1 aromatic rings. The van der Waals surface area contributed by atoms with Gasteiger partial charge in [-0.25, -0.2) is 4.79 Å². The van der Waals surface area contributed by atoms with Crippen molar-refractivity contribution < 1.29 is 19.5 Å². The number of nitrogens with zero attached hydrogens (tertiary/aromatic N) is 1. The van der Waals surface area contributed by atoms with E-state index >= 15 is 0 Å². The first kappa shape index (κ1) is 15.5. The SMILES string of the molecule is C[C@@H](CCCc1ccccc1)C(=O)ON1C(=O)CCC1O. The number of carbonyl (C=O) groups is 2. The Morgan fingerprint density at radius 1 is 1.43 bits per heavy atom. The summed E-state index contributed by atoms with van der Waals surface area (Å²) in [6, 6.07) is 10.1. The molecule has 0 saturated carbocycles. The molecular weight excluding hydrogens is 270 g/mol. The normalized spacial score (nSPS) is 19.6. The average Bonchev–Trinajstić information content (AvgIpc) is 2.80. The van der Waals surface area contributed by atoms with E-state index in [2.05, 4.69) is 12.1 Å². The van der Waals surface area contributed by atoms with Gasteiger partial charge >= 0.3 is 5.97 Å². The molecule has 1 unspecified atom stereocenters. The lowest BCUT2D eigenvalue weighted by Gasteiger charge is -2.20. The standard InChI is InChI=1S/C16H21NO4/c1-12(6-5-9-13-7-3-2-4-8-13)16(20)21-17-14(18)10-11-15(17)19/h2-4,7-8,12,14,18H,5-6,9-11H2,1H3/t12-,14?/m0/s1. The number of hydrogen-bond donors (Lipinski definition) is 1. The first-order chi connectivity index (χ1) is 10.1. The Bertz CT molecular complexity index is 488. The van der Waals surface area contributed by atoms with Crippen molar-refractivity contribution in [3.8, 4) is 0 Å². The summed E-state index contributed by atoms with van der Waals surface area (Å²) in [6.45, 7) is 1.78. The molecule has 1 aromatic carbocycles. The molecule has 1 heterocycles. The van der Waals surface area contributed by atoms with Gasteiger partial charge < -0.3 is 9.94 Å². The number of rotatable bonds is 6. The van der Waals surface area contributed by atoms with Crippen molar-refractivity contribution in [1.29, 1.82) is 0 Å². The monoisotopic (exact) mass is 291 g/mol. The number of aliphatic hydroxyl groups is 1. The Morgan fingerprint density at radius 2 is 2.14 bits per heavy atom. The van der Waals surface area contributed by atoms with Crippen LogP contribution < -0.4 is 0 Å². The molecule has 1 aliphatic rings. The van der Waals surface area contributed by atoms with Gasteiger partial charge in [0.2, 0.25) is 0 Å². The molecule has 2 rings (SSSR count). The molecule has 5 nitrogen and oxygen atoms in total. The van der Waals surface area contributed by atoms with Crippen molar-refractivity contribution in [2.45, 2.75) is 45.3 Å². The lowest BCUT2D eigenvalue weighted by atomic mass is 10.0. The van der Waals surface area contributed by atoms with Gasteiger partial charge in [0.05, 0.1) is 5.92 Å². The number of hydroxylamine groups is 2. The third-order valence-electron chi connectivity index (χ3n) is 3.67. The van der Waals surface area contributed by atoms with E-state index in [1.165, 1.54) is 5.56 Å². The number of amides is 1. The van der Waals surface area contributed by atoms with Crippen LogP contribution in [0.1, 0.15) is 38.2 Å². The number of aliphatic hydroxyl groups excluding tert-OH is 1. The Labute approximate surface area is 124 Å². The quantitative estimate of drug-likeness (QED) is 0.871. The van der Waals surface area contributed by atoms with Crippen LogP contribution in [0, 0.1) is 5.92 Å². The molecule has 21 heavy (non-hydrogen) atoms. The maximum Gasteiger partial charge on any atom is 0.335 e. The van der Waals surface area contributed by atoms with Crippen LogP contribution in [0.2, 0.25) is 0 Å². The second-order valence-corrected chi connectivity index (χ2v) is 5.43. The van der Waals surface area contributed by atoms with Gasteiger partial charge in [-0.05, 0) is 24.8 Å². The van der Waals surface area contributed by atoms with Gasteiger partial charge in [0.15, 0.2) is 6.23 Å². The highest BCUT2D eigenvalue weighted by Crippen LogP contribution is 2.19. The first-order valence-electron chi connectivity index (χ1n) is 7.34. The van der Waals surface area contributed by atoms with Gasteiger partial charge in [-0.2, -0.15) is 0 Å². The Kier molecular flexibility index (Phi) is 5.33. The van der Waals surface area contributed by atoms with Crippen LogP contribution in [0.3, 0.4) is 0 Å². The van der Waals surface area contributed by atoms with Gasteiger partial charge in [0, 0.05) is 12.8 Å². The van der Waals surface area contributed by atoms with E-state index in [0.29, 0.717) is 12.8 Å². The third-order valence-corrected chi connectivity index (χ3v) is 3.67. The summed E-state index contributed by atoms with van der Waals surface area (Å²) in [7, 11) is 0. The van der Waals surface area contributed by atoms with Crippen molar-refractivity contribution >= 4 is 11.9 Å². The van der Waals surface area contributed by atoms with Crippen LogP contribution >= 0.6 is 0 Å². The summed E-state index contributed by atoms with van der Waals surface area (Å²) in [5, 5.41) is 10.3. The van der Waals surface area contributed by atoms with Crippen LogP contribution in [0.4, 0.5) is 0 Å². The Morgan fingerprint density at radius 3 is 2.76 bits per heavy atom. The predicted octanol–water partition coefficient (Wildman–Crippen LogP) is 2.04. The zero-order valence-electron chi connectivity index (χ0n) is 12.2. The second kappa shape index (κ2) is 7.22. The molecule has 1 N–H and O–H groups in total. The summed E-state index contributed by atoms with van der Waals surface area (Å²) in [6.07, 6.45) is 2.00. The van der Waals surface area contributed by atoms with Gasteiger partial charge in [0.25, 0.3) is 5.91 Å². The maximum absolute atomic E-state index is 11.9. The molecule has 5 heteroatoms. The topological polar surface area (TPSA) is 66.8 Å². The van der Waals surface area contributed by atoms with Crippen LogP contribution in [0.15, 0.2) is 30.3 Å². The lowest BCUT2D eigenvalue weighted by Crippen LogP contribution is -2.36. The zero-order valence-corrected chi connectivity index (χ0v) is 12.2. The zero-order chi connectivity index (χ0) is 15.2. The predicted molar refractivity (Wildman–Crippen MR) is 76.7 cm³/mol. The molecule has 1 saturated heterocycles. The maximum atomic E-state index is 11.9. The van der Waals surface area contributed by atoms with Gasteiger partial charge in [0.1, 0.15) is 0 Å². The molecule has 0 aromatic heterocycles. The second-order valence-electron chi connectivity index (χ2n) is 5.43. The minimum absolute atomic E-state index is 0.219. The fourth-order valence-electron chi connectivity index (χ4n) is 2.32. The van der Waals surface area contributed by atoms with E-state index in [-0.39, 0.29) is 18.2 Å². The molecule has 1 aliphatic heterocycles. The van der Waals surface area contributed by atoms with E-state index in [0.717, 1.165) is 17.9 Å². The fraction of sp³-hybridized carbons (Fsp3) is 0.500. The third kappa shape index (κ3) is 4.29. The molecule has 0 spiro atoms. The van der Waals surface area contributed by atoms with E-state index in [9.17, 15) is 14.7 Å². The largest absolute Gasteiger partial charge is 0.370 e. The van der Waals surface area contributed by atoms with Crippen molar-refractivity contribution in [2.75, 3.05) is 0 Å². The van der Waals surface area contributed by atoms with Crippen molar-refractivity contribution in [1.82, 2.24) is 5.06 Å². The fourth-order valence-corrected chi connectivity index (χ4v) is 2.32. The molecule has 114 valence electrons. The van der Waals surface area contributed by atoms with Crippen molar-refractivity contribution in [2.24, 2.45) is 5.92 Å². The van der Waals surface area contributed by atoms with Crippen LogP contribution in [-0.2, 0) is 20.8 Å². The molecule has 0 aliphatic carbocycles. The highest BCUT2D eigenvalue weighted by Gasteiger charge is 2.33. The van der Waals surface area contributed by atoms with Gasteiger partial charge in [-0.15, -0.1) is 5.06 Å². The molecular formula is C16H21NO4. The molecule has 2 atom stereocenters. The molecule has 0 radical (unpaired) electrons. The van der Waals surface area contributed by atoms with Crippen LogP contribution in [-0.4, -0.2) is 28.3 Å². The van der Waals surface area contributed by atoms with E-state index in [4.69, 9.17) is 4.84 Å². The number of carbonyl (C=O) groups excluding carboxylic acids is 2. The average molecular weight is 291 g/mol. The number of benzene rings is 1. The summed E-state index contributed by atoms with van der Waals surface area (Å²) in [5.74, 6) is -1.10. The van der Waals surface area contributed by atoms with E-state index in [1.807, 2.05) is 18.2 Å². The first-order valence-corrected chi connectivity index (χ1v) is 7.34. The Hall–Kier alpha value is -1.88.